The lowest BCUT2D eigenvalue weighted by atomic mass is 9.93. The SMILES string of the molecule is NC1(c2cncnc2)CCN(Cc2ccccc2)C1. The molecule has 0 spiro atoms. The Kier molecular flexibility index (Phi) is 3.27. The highest BCUT2D eigenvalue weighted by molar-refractivity contribution is 5.21. The summed E-state index contributed by atoms with van der Waals surface area (Å²) in [5, 5.41) is 0. The average molecular weight is 254 g/mol. The third-order valence-electron chi connectivity index (χ3n) is 3.76. The molecule has 0 saturated carbocycles. The highest BCUT2D eigenvalue weighted by Gasteiger charge is 2.36. The van der Waals surface area contributed by atoms with E-state index in [0.29, 0.717) is 0 Å². The van der Waals surface area contributed by atoms with Crippen molar-refractivity contribution in [3.8, 4) is 0 Å². The first-order valence-corrected chi connectivity index (χ1v) is 6.57. The van der Waals surface area contributed by atoms with Gasteiger partial charge in [-0.3, -0.25) is 4.90 Å². The van der Waals surface area contributed by atoms with Crippen LogP contribution in [0.5, 0.6) is 0 Å². The van der Waals surface area contributed by atoms with Gasteiger partial charge in [-0.05, 0) is 12.0 Å². The maximum atomic E-state index is 6.50. The highest BCUT2D eigenvalue weighted by atomic mass is 15.2. The quantitative estimate of drug-likeness (QED) is 0.902. The minimum Gasteiger partial charge on any atom is -0.320 e. The molecule has 2 aromatic rings. The molecule has 1 aliphatic rings. The largest absolute Gasteiger partial charge is 0.320 e. The molecule has 98 valence electrons. The van der Waals surface area contributed by atoms with Gasteiger partial charge in [-0.25, -0.2) is 9.97 Å². The molecular formula is C15H18N4. The van der Waals surface area contributed by atoms with Crippen LogP contribution in [0.25, 0.3) is 0 Å². The Bertz CT molecular complexity index is 528. The topological polar surface area (TPSA) is 55.0 Å². The monoisotopic (exact) mass is 254 g/mol. The molecule has 0 aliphatic carbocycles. The number of benzene rings is 1. The Balaban J connectivity index is 1.70. The van der Waals surface area contributed by atoms with Gasteiger partial charge in [-0.15, -0.1) is 0 Å². The number of likely N-dealkylation sites (tertiary alicyclic amines) is 1. The molecule has 4 nitrogen and oxygen atoms in total. The van der Waals surface area contributed by atoms with E-state index in [1.54, 1.807) is 6.33 Å². The van der Waals surface area contributed by atoms with Gasteiger partial charge in [-0.2, -0.15) is 0 Å². The van der Waals surface area contributed by atoms with Gasteiger partial charge in [0.05, 0.1) is 5.54 Å². The summed E-state index contributed by atoms with van der Waals surface area (Å²) < 4.78 is 0. The van der Waals surface area contributed by atoms with Crippen LogP contribution in [0.15, 0.2) is 49.1 Å². The van der Waals surface area contributed by atoms with Crippen LogP contribution in [0, 0.1) is 0 Å². The van der Waals surface area contributed by atoms with Crippen LogP contribution in [-0.2, 0) is 12.1 Å². The predicted octanol–water partition coefficient (Wildman–Crippen LogP) is 1.54. The second kappa shape index (κ2) is 5.07. The second-order valence-corrected chi connectivity index (χ2v) is 5.23. The Morgan fingerprint density at radius 3 is 2.63 bits per heavy atom. The maximum absolute atomic E-state index is 6.50. The third-order valence-corrected chi connectivity index (χ3v) is 3.76. The van der Waals surface area contributed by atoms with Gasteiger partial charge >= 0.3 is 0 Å². The fraction of sp³-hybridized carbons (Fsp3) is 0.333. The van der Waals surface area contributed by atoms with Gasteiger partial charge in [-0.1, -0.05) is 30.3 Å². The van der Waals surface area contributed by atoms with E-state index in [9.17, 15) is 0 Å². The van der Waals surface area contributed by atoms with Gasteiger partial charge in [0.25, 0.3) is 0 Å². The fourth-order valence-electron chi connectivity index (χ4n) is 2.68. The van der Waals surface area contributed by atoms with Gasteiger partial charge in [0.2, 0.25) is 0 Å². The molecule has 1 fully saturated rings. The van der Waals surface area contributed by atoms with E-state index in [1.807, 2.05) is 18.5 Å². The molecule has 4 heteroatoms. The highest BCUT2D eigenvalue weighted by Crippen LogP contribution is 2.29. The van der Waals surface area contributed by atoms with Gasteiger partial charge < -0.3 is 5.73 Å². The van der Waals surface area contributed by atoms with Crippen molar-refractivity contribution in [2.24, 2.45) is 5.73 Å². The van der Waals surface area contributed by atoms with Crippen LogP contribution in [-0.4, -0.2) is 28.0 Å². The predicted molar refractivity (Wildman–Crippen MR) is 74.2 cm³/mol. The number of rotatable bonds is 3. The summed E-state index contributed by atoms with van der Waals surface area (Å²) in [5.74, 6) is 0. The molecule has 1 saturated heterocycles. The van der Waals surface area contributed by atoms with Crippen molar-refractivity contribution in [2.75, 3.05) is 13.1 Å². The molecule has 1 atom stereocenters. The van der Waals surface area contributed by atoms with Crippen LogP contribution < -0.4 is 5.73 Å². The van der Waals surface area contributed by atoms with Crippen molar-refractivity contribution in [1.82, 2.24) is 14.9 Å². The standard InChI is InChI=1S/C15H18N4/c16-15(14-8-17-12-18-9-14)6-7-19(11-15)10-13-4-2-1-3-5-13/h1-5,8-9,12H,6-7,10-11,16H2. The zero-order valence-corrected chi connectivity index (χ0v) is 10.9. The second-order valence-electron chi connectivity index (χ2n) is 5.23. The van der Waals surface area contributed by atoms with Crippen molar-refractivity contribution in [1.29, 1.82) is 0 Å². The van der Waals surface area contributed by atoms with E-state index >= 15 is 0 Å². The first-order valence-electron chi connectivity index (χ1n) is 6.57. The van der Waals surface area contributed by atoms with Crippen LogP contribution in [0.4, 0.5) is 0 Å². The molecule has 0 bridgehead atoms. The van der Waals surface area contributed by atoms with Crippen molar-refractivity contribution in [3.05, 3.63) is 60.2 Å². The lowest BCUT2D eigenvalue weighted by molar-refractivity contribution is 0.304. The first kappa shape index (κ1) is 12.3. The summed E-state index contributed by atoms with van der Waals surface area (Å²) in [4.78, 5) is 10.5. The van der Waals surface area contributed by atoms with Gasteiger partial charge in [0, 0.05) is 37.6 Å². The number of nitrogens with zero attached hydrogens (tertiary/aromatic N) is 3. The summed E-state index contributed by atoms with van der Waals surface area (Å²) in [6.07, 6.45) is 6.16. The lowest BCUT2D eigenvalue weighted by Crippen LogP contribution is -2.39. The van der Waals surface area contributed by atoms with Gasteiger partial charge in [0.15, 0.2) is 0 Å². The van der Waals surface area contributed by atoms with E-state index in [1.165, 1.54) is 5.56 Å². The molecule has 1 aromatic heterocycles. The number of hydrogen-bond acceptors (Lipinski definition) is 4. The molecule has 0 amide bonds. The van der Waals surface area contributed by atoms with Crippen LogP contribution in [0.1, 0.15) is 17.5 Å². The molecular weight excluding hydrogens is 236 g/mol. The average Bonchev–Trinajstić information content (AvgIpc) is 2.84. The summed E-state index contributed by atoms with van der Waals surface area (Å²) >= 11 is 0. The van der Waals surface area contributed by atoms with Crippen LogP contribution in [0.2, 0.25) is 0 Å². The molecule has 2 heterocycles. The molecule has 1 unspecified atom stereocenters. The van der Waals surface area contributed by atoms with Crippen molar-refractivity contribution in [3.63, 3.8) is 0 Å². The van der Waals surface area contributed by atoms with E-state index in [0.717, 1.165) is 31.6 Å². The van der Waals surface area contributed by atoms with Gasteiger partial charge in [0.1, 0.15) is 6.33 Å². The summed E-state index contributed by atoms with van der Waals surface area (Å²) in [5.41, 5.74) is 8.56. The molecule has 0 radical (unpaired) electrons. The number of aromatic nitrogens is 2. The third kappa shape index (κ3) is 2.64. The molecule has 2 N–H and O–H groups in total. The Morgan fingerprint density at radius 1 is 1.16 bits per heavy atom. The summed E-state index contributed by atoms with van der Waals surface area (Å²) in [7, 11) is 0. The Hall–Kier alpha value is -1.78. The molecule has 3 rings (SSSR count). The Labute approximate surface area is 113 Å². The van der Waals surface area contributed by atoms with Crippen molar-refractivity contribution < 1.29 is 0 Å². The Morgan fingerprint density at radius 2 is 1.89 bits per heavy atom. The molecule has 19 heavy (non-hydrogen) atoms. The van der Waals surface area contributed by atoms with Crippen molar-refractivity contribution in [2.45, 2.75) is 18.5 Å². The van der Waals surface area contributed by atoms with Crippen molar-refractivity contribution >= 4 is 0 Å². The number of nitrogens with two attached hydrogens (primary N) is 1. The normalized spacial score (nSPS) is 23.6. The fourth-order valence-corrected chi connectivity index (χ4v) is 2.68. The molecule has 1 aliphatic heterocycles. The van der Waals surface area contributed by atoms with E-state index in [-0.39, 0.29) is 5.54 Å². The van der Waals surface area contributed by atoms with Crippen LogP contribution in [0.3, 0.4) is 0 Å². The van der Waals surface area contributed by atoms with Crippen LogP contribution >= 0.6 is 0 Å². The minimum atomic E-state index is -0.309. The van der Waals surface area contributed by atoms with E-state index < -0.39 is 0 Å². The zero-order chi connectivity index (χ0) is 13.1. The maximum Gasteiger partial charge on any atom is 0.115 e. The summed E-state index contributed by atoms with van der Waals surface area (Å²) in [6.45, 7) is 2.82. The molecule has 1 aromatic carbocycles. The lowest BCUT2D eigenvalue weighted by Gasteiger charge is -2.24. The minimum absolute atomic E-state index is 0.309. The summed E-state index contributed by atoms with van der Waals surface area (Å²) in [6, 6.07) is 10.5. The smallest absolute Gasteiger partial charge is 0.115 e. The van der Waals surface area contributed by atoms with E-state index in [4.69, 9.17) is 5.73 Å². The number of hydrogen-bond donors (Lipinski definition) is 1. The zero-order valence-electron chi connectivity index (χ0n) is 10.9. The first-order chi connectivity index (χ1) is 9.26. The van der Waals surface area contributed by atoms with E-state index in [2.05, 4.69) is 39.1 Å².